The summed E-state index contributed by atoms with van der Waals surface area (Å²) in [6.45, 7) is 5.82. The first-order chi connectivity index (χ1) is 7.56. The largest absolute Gasteiger partial charge is 0.279 e. The second-order valence-corrected chi connectivity index (χ2v) is 6.12. The van der Waals surface area contributed by atoms with Crippen LogP contribution < -0.4 is 4.72 Å². The summed E-state index contributed by atoms with van der Waals surface area (Å²) >= 11 is 0. The van der Waals surface area contributed by atoms with E-state index in [2.05, 4.69) is 11.6 Å². The summed E-state index contributed by atoms with van der Waals surface area (Å²) in [5.41, 5.74) is 0. The van der Waals surface area contributed by atoms with E-state index in [1.807, 2.05) is 19.1 Å². The maximum Gasteiger partial charge on any atom is 0.279 e. The molecule has 0 aliphatic carbocycles. The highest BCUT2D eigenvalue weighted by Gasteiger charge is 2.26. The van der Waals surface area contributed by atoms with Gasteiger partial charge in [-0.2, -0.15) is 12.7 Å². The zero-order valence-corrected chi connectivity index (χ0v) is 11.0. The molecule has 1 aliphatic heterocycles. The Kier molecular flexibility index (Phi) is 5.44. The topological polar surface area (TPSA) is 49.4 Å². The maximum absolute atomic E-state index is 11.9. The first-order valence-electron chi connectivity index (χ1n) is 5.92. The van der Waals surface area contributed by atoms with Gasteiger partial charge in [-0.3, -0.25) is 0 Å². The van der Waals surface area contributed by atoms with Gasteiger partial charge >= 0.3 is 0 Å². The van der Waals surface area contributed by atoms with Gasteiger partial charge in [0.2, 0.25) is 0 Å². The molecule has 0 saturated carbocycles. The summed E-state index contributed by atoms with van der Waals surface area (Å²) in [5, 5.41) is 0. The third kappa shape index (κ3) is 4.23. The van der Waals surface area contributed by atoms with Gasteiger partial charge in [-0.25, -0.2) is 4.72 Å². The number of nitrogens with one attached hydrogen (secondary N) is 1. The third-order valence-electron chi connectivity index (χ3n) is 2.79. The van der Waals surface area contributed by atoms with Crippen LogP contribution in [0.5, 0.6) is 0 Å². The number of hydrogen-bond acceptors (Lipinski definition) is 2. The number of nitrogens with zero attached hydrogens (tertiary/aromatic N) is 1. The van der Waals surface area contributed by atoms with Gasteiger partial charge in [-0.15, -0.1) is 0 Å². The van der Waals surface area contributed by atoms with Gasteiger partial charge in [-0.05, 0) is 32.1 Å². The molecule has 0 radical (unpaired) electrons. The Morgan fingerprint density at radius 1 is 1.50 bits per heavy atom. The lowest BCUT2D eigenvalue weighted by Gasteiger charge is -2.29. The van der Waals surface area contributed by atoms with E-state index >= 15 is 0 Å². The van der Waals surface area contributed by atoms with Crippen LogP contribution in [-0.2, 0) is 10.2 Å². The molecule has 1 saturated heterocycles. The van der Waals surface area contributed by atoms with Crippen molar-refractivity contribution in [3.63, 3.8) is 0 Å². The molecule has 1 fully saturated rings. The smallest absolute Gasteiger partial charge is 0.202 e. The van der Waals surface area contributed by atoms with Crippen molar-refractivity contribution in [3.8, 4) is 0 Å². The Morgan fingerprint density at radius 2 is 2.25 bits per heavy atom. The van der Waals surface area contributed by atoms with Crippen LogP contribution in [0, 0.1) is 5.92 Å². The van der Waals surface area contributed by atoms with Crippen molar-refractivity contribution in [1.82, 2.24) is 9.03 Å². The van der Waals surface area contributed by atoms with E-state index in [0.717, 1.165) is 19.3 Å². The molecular formula is C11H22N2O2S. The molecule has 0 aromatic rings. The van der Waals surface area contributed by atoms with Gasteiger partial charge in [0, 0.05) is 19.6 Å². The standard InChI is InChI=1S/C11H22N2O2S/c1-3-4-5-8-12-16(14,15)13-9-6-7-11(2)10-13/h3-4,11-12H,5-10H2,1-2H3/b4-3+. The highest BCUT2D eigenvalue weighted by molar-refractivity contribution is 7.87. The molecule has 16 heavy (non-hydrogen) atoms. The van der Waals surface area contributed by atoms with Crippen molar-refractivity contribution in [2.75, 3.05) is 19.6 Å². The Balaban J connectivity index is 2.43. The molecule has 1 aliphatic rings. The predicted octanol–water partition coefficient (Wildman–Crippen LogP) is 1.52. The van der Waals surface area contributed by atoms with Crippen molar-refractivity contribution >= 4 is 10.2 Å². The molecule has 94 valence electrons. The van der Waals surface area contributed by atoms with Crippen molar-refractivity contribution < 1.29 is 8.42 Å². The zero-order valence-electron chi connectivity index (χ0n) is 10.1. The van der Waals surface area contributed by atoms with Crippen LogP contribution in [0.1, 0.15) is 33.1 Å². The highest BCUT2D eigenvalue weighted by atomic mass is 32.2. The molecule has 4 nitrogen and oxygen atoms in total. The van der Waals surface area contributed by atoms with Gasteiger partial charge < -0.3 is 0 Å². The molecule has 0 aromatic carbocycles. The van der Waals surface area contributed by atoms with Crippen LogP contribution >= 0.6 is 0 Å². The monoisotopic (exact) mass is 246 g/mol. The molecule has 0 aromatic heterocycles. The fraction of sp³-hybridized carbons (Fsp3) is 0.818. The lowest BCUT2D eigenvalue weighted by molar-refractivity contribution is 0.278. The van der Waals surface area contributed by atoms with Crippen LogP contribution in [0.15, 0.2) is 12.2 Å². The molecular weight excluding hydrogens is 224 g/mol. The summed E-state index contributed by atoms with van der Waals surface area (Å²) in [6, 6.07) is 0. The first-order valence-corrected chi connectivity index (χ1v) is 7.36. The van der Waals surface area contributed by atoms with E-state index in [0.29, 0.717) is 25.6 Å². The number of allylic oxidation sites excluding steroid dienone is 1. The molecule has 1 heterocycles. The molecule has 1 N–H and O–H groups in total. The molecule has 0 bridgehead atoms. The van der Waals surface area contributed by atoms with Gasteiger partial charge in [0.05, 0.1) is 0 Å². The second kappa shape index (κ2) is 6.37. The van der Waals surface area contributed by atoms with Gasteiger partial charge in [0.1, 0.15) is 0 Å². The van der Waals surface area contributed by atoms with Crippen molar-refractivity contribution in [1.29, 1.82) is 0 Å². The summed E-state index contributed by atoms with van der Waals surface area (Å²) in [5.74, 6) is 0.473. The fourth-order valence-corrected chi connectivity index (χ4v) is 3.27. The summed E-state index contributed by atoms with van der Waals surface area (Å²) in [6.07, 6.45) is 6.74. The van der Waals surface area contributed by atoms with Crippen molar-refractivity contribution in [3.05, 3.63) is 12.2 Å². The minimum atomic E-state index is -3.25. The molecule has 1 rings (SSSR count). The molecule has 1 unspecified atom stereocenters. The molecule has 0 amide bonds. The number of piperidine rings is 1. The maximum atomic E-state index is 11.9. The van der Waals surface area contributed by atoms with Crippen LogP contribution in [0.2, 0.25) is 0 Å². The quantitative estimate of drug-likeness (QED) is 0.590. The molecule has 5 heteroatoms. The number of rotatable bonds is 5. The predicted molar refractivity (Wildman–Crippen MR) is 66.3 cm³/mol. The normalized spacial score (nSPS) is 24.0. The van der Waals surface area contributed by atoms with Crippen LogP contribution in [-0.4, -0.2) is 32.4 Å². The highest BCUT2D eigenvalue weighted by Crippen LogP contribution is 2.17. The van der Waals surface area contributed by atoms with Gasteiger partial charge in [0.25, 0.3) is 10.2 Å². The Hall–Kier alpha value is -0.390. The van der Waals surface area contributed by atoms with E-state index < -0.39 is 10.2 Å². The Bertz CT molecular complexity index is 325. The first kappa shape index (κ1) is 13.7. The minimum absolute atomic E-state index is 0.473. The SMILES string of the molecule is C/C=C/CCNS(=O)(=O)N1CCCC(C)C1. The van der Waals surface area contributed by atoms with E-state index in [1.54, 1.807) is 4.31 Å². The van der Waals surface area contributed by atoms with Crippen molar-refractivity contribution in [2.45, 2.75) is 33.1 Å². The zero-order chi connectivity index (χ0) is 12.0. The fourth-order valence-electron chi connectivity index (χ4n) is 1.89. The minimum Gasteiger partial charge on any atom is -0.202 e. The molecule has 1 atom stereocenters. The Morgan fingerprint density at radius 3 is 2.88 bits per heavy atom. The number of hydrogen-bond donors (Lipinski definition) is 1. The van der Waals surface area contributed by atoms with Crippen molar-refractivity contribution in [2.24, 2.45) is 5.92 Å². The van der Waals surface area contributed by atoms with E-state index in [1.165, 1.54) is 0 Å². The molecule has 0 spiro atoms. The van der Waals surface area contributed by atoms with Crippen LogP contribution in [0.25, 0.3) is 0 Å². The average Bonchev–Trinajstić information content (AvgIpc) is 2.24. The lowest BCUT2D eigenvalue weighted by Crippen LogP contribution is -2.45. The van der Waals surface area contributed by atoms with Crippen LogP contribution in [0.4, 0.5) is 0 Å². The lowest BCUT2D eigenvalue weighted by atomic mass is 10.0. The summed E-state index contributed by atoms with van der Waals surface area (Å²) in [4.78, 5) is 0. The van der Waals surface area contributed by atoms with Gasteiger partial charge in [-0.1, -0.05) is 19.1 Å². The summed E-state index contributed by atoms with van der Waals surface area (Å²) in [7, 11) is -3.25. The van der Waals surface area contributed by atoms with E-state index in [9.17, 15) is 8.42 Å². The van der Waals surface area contributed by atoms with E-state index in [4.69, 9.17) is 0 Å². The Labute approximate surface area is 98.9 Å². The second-order valence-electron chi connectivity index (χ2n) is 4.36. The van der Waals surface area contributed by atoms with Gasteiger partial charge in [0.15, 0.2) is 0 Å². The van der Waals surface area contributed by atoms with E-state index in [-0.39, 0.29) is 0 Å². The summed E-state index contributed by atoms with van der Waals surface area (Å²) < 4.78 is 28.0. The van der Waals surface area contributed by atoms with Crippen LogP contribution in [0.3, 0.4) is 0 Å². The third-order valence-corrected chi connectivity index (χ3v) is 4.37. The average molecular weight is 246 g/mol.